The molecule has 2 amide bonds. The highest BCUT2D eigenvalue weighted by Gasteiger charge is 2.21. The van der Waals surface area contributed by atoms with Crippen LogP contribution in [0.1, 0.15) is 19.4 Å². The van der Waals surface area contributed by atoms with Crippen LogP contribution in [0.5, 0.6) is 0 Å². The first-order valence-electron chi connectivity index (χ1n) is 7.04. The number of amides is 2. The third-order valence-corrected chi connectivity index (χ3v) is 4.15. The summed E-state index contributed by atoms with van der Waals surface area (Å²) in [7, 11) is 0. The van der Waals surface area contributed by atoms with Crippen molar-refractivity contribution in [1.82, 2.24) is 5.32 Å². The second-order valence-electron chi connectivity index (χ2n) is 5.80. The summed E-state index contributed by atoms with van der Waals surface area (Å²) in [5.74, 6) is -0.288. The van der Waals surface area contributed by atoms with Gasteiger partial charge in [0, 0.05) is 12.0 Å². The first-order valence-corrected chi connectivity index (χ1v) is 7.80. The first-order chi connectivity index (χ1) is 10.8. The van der Waals surface area contributed by atoms with E-state index in [9.17, 15) is 9.18 Å². The summed E-state index contributed by atoms with van der Waals surface area (Å²) in [6, 6.07) is 10.8. The maximum Gasteiger partial charge on any atom is 0.319 e. The fourth-order valence-corrected chi connectivity index (χ4v) is 2.57. The molecule has 0 bridgehead atoms. The molecule has 0 fully saturated rings. The zero-order chi connectivity index (χ0) is 17.0. The molecule has 0 saturated heterocycles. The van der Waals surface area contributed by atoms with Gasteiger partial charge in [-0.25, -0.2) is 9.18 Å². The zero-order valence-electron chi connectivity index (χ0n) is 12.8. The van der Waals surface area contributed by atoms with E-state index < -0.39 is 6.03 Å². The van der Waals surface area contributed by atoms with E-state index in [-0.39, 0.29) is 11.2 Å². The quantitative estimate of drug-likeness (QED) is 0.775. The standard InChI is InChI=1S/C17H17Cl2FN2O/c1-17(2,11-6-8-12(20)9-7-11)10-21-16(23)22-15-13(18)4-3-5-14(15)19/h3-9H,10H2,1-2H3,(H2,21,22,23). The van der Waals surface area contributed by atoms with Crippen LogP contribution in [-0.4, -0.2) is 12.6 Å². The van der Waals surface area contributed by atoms with Gasteiger partial charge in [-0.3, -0.25) is 0 Å². The van der Waals surface area contributed by atoms with Gasteiger partial charge in [-0.1, -0.05) is 55.2 Å². The number of benzene rings is 2. The van der Waals surface area contributed by atoms with Gasteiger partial charge in [0.15, 0.2) is 0 Å². The van der Waals surface area contributed by atoms with Gasteiger partial charge in [0.25, 0.3) is 0 Å². The van der Waals surface area contributed by atoms with Gasteiger partial charge in [0.2, 0.25) is 0 Å². The Bertz CT molecular complexity index is 682. The summed E-state index contributed by atoms with van der Waals surface area (Å²) in [5, 5.41) is 6.15. The van der Waals surface area contributed by atoms with Crippen molar-refractivity contribution >= 4 is 34.9 Å². The molecule has 3 nitrogen and oxygen atoms in total. The topological polar surface area (TPSA) is 41.1 Å². The Balaban J connectivity index is 1.99. The van der Waals surface area contributed by atoms with Crippen LogP contribution in [0.2, 0.25) is 10.0 Å². The van der Waals surface area contributed by atoms with Gasteiger partial charge < -0.3 is 10.6 Å². The van der Waals surface area contributed by atoms with Gasteiger partial charge in [-0.15, -0.1) is 0 Å². The van der Waals surface area contributed by atoms with Crippen molar-refractivity contribution in [3.63, 3.8) is 0 Å². The number of hydrogen-bond donors (Lipinski definition) is 2. The molecular formula is C17H17Cl2FN2O. The first kappa shape index (κ1) is 17.6. The van der Waals surface area contributed by atoms with Crippen LogP contribution in [0.3, 0.4) is 0 Å². The zero-order valence-corrected chi connectivity index (χ0v) is 14.3. The van der Waals surface area contributed by atoms with E-state index in [4.69, 9.17) is 23.2 Å². The highest BCUT2D eigenvalue weighted by Crippen LogP contribution is 2.29. The fraction of sp³-hybridized carbons (Fsp3) is 0.235. The van der Waals surface area contributed by atoms with Crippen LogP contribution in [0.15, 0.2) is 42.5 Å². The van der Waals surface area contributed by atoms with E-state index in [0.717, 1.165) is 5.56 Å². The molecule has 6 heteroatoms. The number of para-hydroxylation sites is 1. The smallest absolute Gasteiger partial charge is 0.319 e. The van der Waals surface area contributed by atoms with Crippen LogP contribution >= 0.6 is 23.2 Å². The Morgan fingerprint density at radius 3 is 2.22 bits per heavy atom. The van der Waals surface area contributed by atoms with Crippen LogP contribution in [0.25, 0.3) is 0 Å². The molecule has 0 aliphatic carbocycles. The third kappa shape index (κ3) is 4.60. The molecule has 0 radical (unpaired) electrons. The Kier molecular flexibility index (Phi) is 5.50. The van der Waals surface area contributed by atoms with Crippen LogP contribution in [-0.2, 0) is 5.41 Å². The second kappa shape index (κ2) is 7.20. The summed E-state index contributed by atoms with van der Waals surface area (Å²) >= 11 is 12.0. The van der Waals surface area contributed by atoms with Gasteiger partial charge in [0.1, 0.15) is 5.82 Å². The molecule has 2 aromatic carbocycles. The molecule has 2 aromatic rings. The van der Waals surface area contributed by atoms with Crippen molar-refractivity contribution < 1.29 is 9.18 Å². The van der Waals surface area contributed by atoms with E-state index in [2.05, 4.69) is 10.6 Å². The van der Waals surface area contributed by atoms with Gasteiger partial charge >= 0.3 is 6.03 Å². The number of urea groups is 1. The molecule has 2 N–H and O–H groups in total. The fourth-order valence-electron chi connectivity index (χ4n) is 2.08. The van der Waals surface area contributed by atoms with Crippen LogP contribution < -0.4 is 10.6 Å². The summed E-state index contributed by atoms with van der Waals surface area (Å²) in [6.07, 6.45) is 0. The highest BCUT2D eigenvalue weighted by molar-refractivity contribution is 6.39. The number of halogens is 3. The normalized spacial score (nSPS) is 11.2. The SMILES string of the molecule is CC(C)(CNC(=O)Nc1c(Cl)cccc1Cl)c1ccc(F)cc1. The Morgan fingerprint density at radius 2 is 1.65 bits per heavy atom. The lowest BCUT2D eigenvalue weighted by Crippen LogP contribution is -2.39. The number of nitrogens with one attached hydrogen (secondary N) is 2. The molecule has 0 saturated carbocycles. The minimum absolute atomic E-state index is 0.288. The lowest BCUT2D eigenvalue weighted by Gasteiger charge is -2.25. The number of carbonyl (C=O) groups is 1. The molecule has 0 aliphatic rings. The largest absolute Gasteiger partial charge is 0.337 e. The Labute approximate surface area is 144 Å². The van der Waals surface area contributed by atoms with Crippen molar-refractivity contribution in [1.29, 1.82) is 0 Å². The Morgan fingerprint density at radius 1 is 1.09 bits per heavy atom. The van der Waals surface area contributed by atoms with Gasteiger partial charge in [0.05, 0.1) is 15.7 Å². The van der Waals surface area contributed by atoms with Gasteiger partial charge in [-0.05, 0) is 29.8 Å². The number of carbonyl (C=O) groups excluding carboxylic acids is 1. The molecule has 122 valence electrons. The van der Waals surface area contributed by atoms with E-state index >= 15 is 0 Å². The second-order valence-corrected chi connectivity index (χ2v) is 6.61. The average Bonchev–Trinajstić information content (AvgIpc) is 2.50. The van der Waals surface area contributed by atoms with Gasteiger partial charge in [-0.2, -0.15) is 0 Å². The monoisotopic (exact) mass is 354 g/mol. The lowest BCUT2D eigenvalue weighted by atomic mass is 9.84. The predicted molar refractivity (Wildman–Crippen MR) is 92.9 cm³/mol. The summed E-state index contributed by atoms with van der Waals surface area (Å²) in [5.41, 5.74) is 0.942. The molecule has 0 aliphatic heterocycles. The summed E-state index contributed by atoms with van der Waals surface area (Å²) < 4.78 is 13.0. The molecule has 0 atom stereocenters. The molecule has 0 spiro atoms. The van der Waals surface area contributed by atoms with E-state index in [1.54, 1.807) is 30.3 Å². The number of anilines is 1. The minimum Gasteiger partial charge on any atom is -0.337 e. The predicted octanol–water partition coefficient (Wildman–Crippen LogP) is 5.23. The average molecular weight is 355 g/mol. The van der Waals surface area contributed by atoms with Crippen molar-refractivity contribution in [3.05, 3.63) is 63.9 Å². The molecule has 2 rings (SSSR count). The summed E-state index contributed by atoms with van der Waals surface area (Å²) in [4.78, 5) is 12.0. The number of rotatable bonds is 4. The molecular weight excluding hydrogens is 338 g/mol. The van der Waals surface area contributed by atoms with Crippen LogP contribution in [0.4, 0.5) is 14.9 Å². The molecule has 0 heterocycles. The Hall–Kier alpha value is -1.78. The lowest BCUT2D eigenvalue weighted by molar-refractivity contribution is 0.249. The molecule has 23 heavy (non-hydrogen) atoms. The minimum atomic E-state index is -0.407. The third-order valence-electron chi connectivity index (χ3n) is 3.52. The van der Waals surface area contributed by atoms with E-state index in [0.29, 0.717) is 22.3 Å². The van der Waals surface area contributed by atoms with Crippen molar-refractivity contribution in [3.8, 4) is 0 Å². The summed E-state index contributed by atoms with van der Waals surface area (Å²) in [6.45, 7) is 4.29. The highest BCUT2D eigenvalue weighted by atomic mass is 35.5. The maximum absolute atomic E-state index is 13.0. The van der Waals surface area contributed by atoms with Crippen molar-refractivity contribution in [2.24, 2.45) is 0 Å². The van der Waals surface area contributed by atoms with Crippen LogP contribution in [0, 0.1) is 5.82 Å². The number of hydrogen-bond acceptors (Lipinski definition) is 1. The molecule has 0 unspecified atom stereocenters. The van der Waals surface area contributed by atoms with E-state index in [1.807, 2.05) is 13.8 Å². The van der Waals surface area contributed by atoms with Crippen molar-refractivity contribution in [2.75, 3.05) is 11.9 Å². The van der Waals surface area contributed by atoms with Crippen molar-refractivity contribution in [2.45, 2.75) is 19.3 Å². The molecule has 0 aromatic heterocycles. The maximum atomic E-state index is 13.0. The van der Waals surface area contributed by atoms with E-state index in [1.165, 1.54) is 12.1 Å².